The number of nitrogens with one attached hydrogen (secondary N) is 2. The minimum atomic E-state index is -0.717. The third-order valence-corrected chi connectivity index (χ3v) is 18.4. The van der Waals surface area contributed by atoms with Crippen LogP contribution in [-0.4, -0.2) is 134 Å². The third-order valence-electron chi connectivity index (χ3n) is 18.4. The van der Waals surface area contributed by atoms with Gasteiger partial charge in [-0.15, -0.1) is 6.42 Å². The molecule has 0 aliphatic carbocycles. The van der Waals surface area contributed by atoms with Gasteiger partial charge in [-0.1, -0.05) is 30.2 Å². The number of amides is 3. The van der Waals surface area contributed by atoms with Crippen LogP contribution >= 0.6 is 0 Å². The van der Waals surface area contributed by atoms with Crippen LogP contribution in [0.15, 0.2) is 59.5 Å². The normalized spacial score (nSPS) is 25.2. The summed E-state index contributed by atoms with van der Waals surface area (Å²) >= 11 is 0. The summed E-state index contributed by atoms with van der Waals surface area (Å²) in [6.07, 6.45) is 17.3. The molecular formula is C58H63F2N11O6. The van der Waals surface area contributed by atoms with Gasteiger partial charge in [-0.3, -0.25) is 33.9 Å². The van der Waals surface area contributed by atoms with Crippen molar-refractivity contribution in [3.8, 4) is 29.6 Å². The van der Waals surface area contributed by atoms with Crippen LogP contribution in [0.2, 0.25) is 0 Å². The molecule has 77 heavy (non-hydrogen) atoms. The number of benzene rings is 3. The van der Waals surface area contributed by atoms with E-state index in [0.717, 1.165) is 95.0 Å². The number of aromatic nitrogens is 5. The second kappa shape index (κ2) is 19.7. The molecule has 3 aromatic heterocycles. The van der Waals surface area contributed by atoms with Crippen molar-refractivity contribution in [2.75, 3.05) is 68.8 Å². The summed E-state index contributed by atoms with van der Waals surface area (Å²) in [5.41, 5.74) is 2.41. The lowest BCUT2D eigenvalue weighted by molar-refractivity contribution is -0.135. The molecule has 2 bridgehead atoms. The molecule has 3 aromatic carbocycles. The lowest BCUT2D eigenvalue weighted by Gasteiger charge is -2.40. The maximum Gasteiger partial charge on any atom is 0.409 e. The molecule has 17 nitrogen and oxygen atoms in total. The Morgan fingerprint density at radius 1 is 0.870 bits per heavy atom. The number of rotatable bonds is 10. The zero-order chi connectivity index (χ0) is 52.7. The van der Waals surface area contributed by atoms with Crippen LogP contribution in [0.25, 0.3) is 44.0 Å². The second-order valence-corrected chi connectivity index (χ2v) is 22.6. The average Bonchev–Trinajstić information content (AvgIpc) is 4.21. The van der Waals surface area contributed by atoms with Crippen LogP contribution < -0.4 is 30.9 Å². The predicted octanol–water partition coefficient (Wildman–Crippen LogP) is 6.82. The van der Waals surface area contributed by atoms with E-state index in [2.05, 4.69) is 36.2 Å². The monoisotopic (exact) mass is 1050 g/mol. The number of halogens is 2. The van der Waals surface area contributed by atoms with Gasteiger partial charge in [-0.05, 0) is 119 Å². The van der Waals surface area contributed by atoms with Crippen molar-refractivity contribution in [3.63, 3.8) is 0 Å². The zero-order valence-corrected chi connectivity index (χ0v) is 43.3. The fourth-order valence-electron chi connectivity index (χ4n) is 14.4. The molecule has 7 aliphatic rings. The first kappa shape index (κ1) is 49.4. The van der Waals surface area contributed by atoms with E-state index in [-0.39, 0.29) is 58.5 Å². The molecule has 400 valence electrons. The topological polar surface area (TPSA) is 172 Å². The zero-order valence-electron chi connectivity index (χ0n) is 43.3. The minimum absolute atomic E-state index is 0.0165. The van der Waals surface area contributed by atoms with E-state index in [0.29, 0.717) is 103 Å². The summed E-state index contributed by atoms with van der Waals surface area (Å²) in [5, 5.41) is 7.61. The van der Waals surface area contributed by atoms with Gasteiger partial charge in [0.25, 0.3) is 0 Å². The Morgan fingerprint density at radius 2 is 1.65 bits per heavy atom. The fourth-order valence-corrected chi connectivity index (χ4v) is 14.4. The molecule has 6 aromatic rings. The van der Waals surface area contributed by atoms with Crippen LogP contribution in [-0.2, 0) is 21.4 Å². The van der Waals surface area contributed by atoms with Crippen molar-refractivity contribution in [1.82, 2.24) is 44.5 Å². The van der Waals surface area contributed by atoms with E-state index in [1.54, 1.807) is 36.0 Å². The highest BCUT2D eigenvalue weighted by Gasteiger charge is 2.50. The fraction of sp³-hybridized carbons (Fsp3) is 0.500. The van der Waals surface area contributed by atoms with Crippen LogP contribution in [0.4, 0.5) is 25.1 Å². The first-order valence-corrected chi connectivity index (χ1v) is 27.6. The van der Waals surface area contributed by atoms with E-state index >= 15 is 8.78 Å². The van der Waals surface area contributed by atoms with Gasteiger partial charge in [0.1, 0.15) is 42.1 Å². The van der Waals surface area contributed by atoms with Gasteiger partial charge in [0, 0.05) is 93.7 Å². The van der Waals surface area contributed by atoms with E-state index in [4.69, 9.17) is 25.9 Å². The van der Waals surface area contributed by atoms with Gasteiger partial charge in [-0.2, -0.15) is 9.97 Å². The van der Waals surface area contributed by atoms with E-state index in [1.807, 2.05) is 29.2 Å². The van der Waals surface area contributed by atoms with E-state index in [9.17, 15) is 19.2 Å². The minimum Gasteiger partial charge on any atom is -0.461 e. The molecule has 7 fully saturated rings. The predicted molar refractivity (Wildman–Crippen MR) is 287 cm³/mol. The van der Waals surface area contributed by atoms with Crippen molar-refractivity contribution < 1.29 is 32.6 Å². The average molecular weight is 1050 g/mol. The number of piperidine rings is 3. The lowest BCUT2D eigenvalue weighted by Crippen LogP contribution is -2.51. The molecule has 7 aliphatic heterocycles. The molecule has 3 amide bonds. The summed E-state index contributed by atoms with van der Waals surface area (Å²) in [6, 6.07) is 14.2. The Morgan fingerprint density at radius 3 is 2.42 bits per heavy atom. The molecule has 2 N–H and O–H groups in total. The molecule has 0 saturated carbocycles. The Balaban J connectivity index is 0.640. The summed E-state index contributed by atoms with van der Waals surface area (Å²) in [6.45, 7) is 5.96. The molecule has 3 unspecified atom stereocenters. The van der Waals surface area contributed by atoms with Crippen molar-refractivity contribution in [3.05, 3.63) is 82.4 Å². The van der Waals surface area contributed by atoms with Crippen LogP contribution in [0.3, 0.4) is 0 Å². The van der Waals surface area contributed by atoms with Crippen LogP contribution in [0.5, 0.6) is 6.01 Å². The number of hydrogen-bond acceptors (Lipinski definition) is 13. The number of carbonyl (C=O) groups excluding carboxylic acids is 3. The summed E-state index contributed by atoms with van der Waals surface area (Å²) < 4.78 is 48.1. The smallest absolute Gasteiger partial charge is 0.409 e. The summed E-state index contributed by atoms with van der Waals surface area (Å²) in [5.74, 6) is 2.14. The maximum absolute atomic E-state index is 17.2. The number of imidazole rings is 1. The Labute approximate surface area is 444 Å². The van der Waals surface area contributed by atoms with Crippen LogP contribution in [0, 0.1) is 35.8 Å². The lowest BCUT2D eigenvalue weighted by atomic mass is 9.79. The highest BCUT2D eigenvalue weighted by Crippen LogP contribution is 2.44. The number of aryl methyl sites for hydroxylation is 1. The molecule has 5 atom stereocenters. The molecule has 7 saturated heterocycles. The van der Waals surface area contributed by atoms with E-state index < -0.39 is 23.6 Å². The summed E-state index contributed by atoms with van der Waals surface area (Å²) in [7, 11) is 1.72. The number of hydrogen-bond donors (Lipinski definition) is 2. The van der Waals surface area contributed by atoms with Gasteiger partial charge < -0.3 is 29.5 Å². The largest absolute Gasteiger partial charge is 0.461 e. The number of pyridine rings is 1. The molecule has 13 rings (SSSR count). The molecule has 19 heteroatoms. The maximum atomic E-state index is 17.2. The standard InChI is InChI=1S/C58H63F2N11O6/c1-3-41-44(59)12-8-36-6-4-7-42(49(36)41)51-50(60)52-43(29-61-51)53(69-30-37-9-10-38(31-69)62-37)65-55(64-52)77-33-58-21-5-23-70(58)40(16-22-58)32-76-57(75)68-26-19-35(20-27-68)34-17-24-67(25-18-34)39-11-13-45-47(28-39)66(2)56(74)71(45)46-14-15-48(72)63-54(46)73/h1,4,6-8,11-13,28-29,34-35,37-38,40,46,62H,5,9-10,14-27,30-33H2,2H3,(H,63,72,73)/t37?,38?,40-,46?,58-/m0/s1. The number of piperazine rings is 1. The summed E-state index contributed by atoms with van der Waals surface area (Å²) in [4.78, 5) is 74.8. The number of fused-ring (bicyclic) bond motifs is 6. The van der Waals surface area contributed by atoms with Crippen molar-refractivity contribution in [2.24, 2.45) is 18.9 Å². The van der Waals surface area contributed by atoms with Gasteiger partial charge >= 0.3 is 17.8 Å². The Kier molecular flexibility index (Phi) is 12.6. The molecule has 0 spiro atoms. The highest BCUT2D eigenvalue weighted by molar-refractivity contribution is 6.02. The first-order chi connectivity index (χ1) is 37.4. The van der Waals surface area contributed by atoms with Crippen molar-refractivity contribution >= 4 is 62.1 Å². The molecular weight excluding hydrogens is 985 g/mol. The molecule has 10 heterocycles. The van der Waals surface area contributed by atoms with Gasteiger partial charge in [0.05, 0.1) is 27.5 Å². The number of terminal acetylenes is 1. The quantitative estimate of drug-likeness (QED) is 0.108. The van der Waals surface area contributed by atoms with Gasteiger partial charge in [-0.25, -0.2) is 18.4 Å². The number of nitrogens with zero attached hydrogens (tertiary/aromatic N) is 9. The SMILES string of the molecule is C#Cc1c(F)ccc2cccc(-c3ncc4c(N5CC6CCC(C5)N6)nc(OC[C@@]56CCCN5[C@H](COC(=O)N5CCC(C7CCN(c8ccc9c(c8)n(C)c(=O)n9C8CCC(=O)NC8=O)CC7)CC5)CC6)nc4c3F)c12. The number of likely N-dealkylation sites (tertiary alicyclic amines) is 1. The van der Waals surface area contributed by atoms with Crippen LogP contribution in [0.1, 0.15) is 88.7 Å². The van der Waals surface area contributed by atoms with Crippen molar-refractivity contribution in [2.45, 2.75) is 107 Å². The Hall–Kier alpha value is -7.17. The number of anilines is 2. The third kappa shape index (κ3) is 8.71. The molecule has 0 radical (unpaired) electrons. The number of ether oxygens (including phenoxy) is 2. The van der Waals surface area contributed by atoms with E-state index in [1.165, 1.54) is 10.6 Å². The number of carbonyl (C=O) groups is 3. The highest BCUT2D eigenvalue weighted by atomic mass is 19.1. The number of imide groups is 1. The van der Waals surface area contributed by atoms with Gasteiger partial charge in [0.2, 0.25) is 11.8 Å². The van der Waals surface area contributed by atoms with Crippen molar-refractivity contribution in [1.29, 1.82) is 0 Å². The Bertz CT molecular complexity index is 3460. The second-order valence-electron chi connectivity index (χ2n) is 22.6. The van der Waals surface area contributed by atoms with Gasteiger partial charge in [0.15, 0.2) is 5.82 Å². The first-order valence-electron chi connectivity index (χ1n) is 27.6.